The first kappa shape index (κ1) is 15.8. The first-order valence-electron chi connectivity index (χ1n) is 8.25. The quantitative estimate of drug-likeness (QED) is 0.553. The molecule has 4 nitrogen and oxygen atoms in total. The molecule has 0 saturated heterocycles. The summed E-state index contributed by atoms with van der Waals surface area (Å²) in [6.45, 7) is 6.13. The highest BCUT2D eigenvalue weighted by atomic mass is 32.1. The maximum Gasteiger partial charge on any atom is 0.230 e. The standard InChI is InChI=1S/C20H19N3OS/c1-11-8-12(2)19-17(9-11)25-20(23-19)22-18(24)10-15-13(3)21-16-7-5-4-6-14(15)16/h4-9,21H,10H2,1-3H3,(H,22,23,24). The van der Waals surface area contributed by atoms with Crippen LogP contribution in [0.5, 0.6) is 0 Å². The Balaban J connectivity index is 1.60. The zero-order chi connectivity index (χ0) is 17.6. The zero-order valence-corrected chi connectivity index (χ0v) is 15.3. The largest absolute Gasteiger partial charge is 0.358 e. The third-order valence-corrected chi connectivity index (χ3v) is 5.36. The molecule has 0 aliphatic heterocycles. The molecule has 1 amide bonds. The molecule has 25 heavy (non-hydrogen) atoms. The molecule has 2 aromatic heterocycles. The minimum atomic E-state index is -0.0405. The number of aromatic nitrogens is 2. The number of rotatable bonds is 3. The van der Waals surface area contributed by atoms with Gasteiger partial charge in [-0.05, 0) is 49.6 Å². The summed E-state index contributed by atoms with van der Waals surface area (Å²) in [5.74, 6) is -0.0405. The Labute approximate surface area is 149 Å². The number of nitrogens with zero attached hydrogens (tertiary/aromatic N) is 1. The number of carbonyl (C=O) groups excluding carboxylic acids is 1. The highest BCUT2D eigenvalue weighted by Crippen LogP contribution is 2.29. The zero-order valence-electron chi connectivity index (χ0n) is 14.4. The number of thiazole rings is 1. The number of hydrogen-bond donors (Lipinski definition) is 2. The van der Waals surface area contributed by atoms with E-state index in [1.807, 2.05) is 31.2 Å². The topological polar surface area (TPSA) is 57.8 Å². The molecule has 0 spiro atoms. The van der Waals surface area contributed by atoms with Crippen LogP contribution in [0.15, 0.2) is 36.4 Å². The number of hydrogen-bond acceptors (Lipinski definition) is 3. The molecule has 4 rings (SSSR count). The fourth-order valence-corrected chi connectivity index (χ4v) is 4.37. The van der Waals surface area contributed by atoms with Gasteiger partial charge in [-0.15, -0.1) is 0 Å². The third kappa shape index (κ3) is 2.91. The van der Waals surface area contributed by atoms with E-state index in [1.165, 1.54) is 16.9 Å². The van der Waals surface area contributed by atoms with Crippen LogP contribution in [-0.4, -0.2) is 15.9 Å². The molecule has 2 aromatic carbocycles. The van der Waals surface area contributed by atoms with Crippen LogP contribution >= 0.6 is 11.3 Å². The Kier molecular flexibility index (Phi) is 3.81. The van der Waals surface area contributed by atoms with E-state index in [4.69, 9.17) is 0 Å². The normalized spacial score (nSPS) is 11.3. The number of aryl methyl sites for hydroxylation is 3. The van der Waals surface area contributed by atoms with Gasteiger partial charge in [-0.1, -0.05) is 35.6 Å². The predicted molar refractivity (Wildman–Crippen MR) is 104 cm³/mol. The van der Waals surface area contributed by atoms with Crippen molar-refractivity contribution in [2.45, 2.75) is 27.2 Å². The monoisotopic (exact) mass is 349 g/mol. The van der Waals surface area contributed by atoms with Crippen LogP contribution in [0, 0.1) is 20.8 Å². The average molecular weight is 349 g/mol. The van der Waals surface area contributed by atoms with Crippen molar-refractivity contribution in [3.63, 3.8) is 0 Å². The molecule has 4 aromatic rings. The first-order chi connectivity index (χ1) is 12.0. The van der Waals surface area contributed by atoms with E-state index in [1.54, 1.807) is 0 Å². The van der Waals surface area contributed by atoms with E-state index in [9.17, 15) is 4.79 Å². The summed E-state index contributed by atoms with van der Waals surface area (Å²) in [6, 6.07) is 12.3. The van der Waals surface area contributed by atoms with Gasteiger partial charge in [0.15, 0.2) is 5.13 Å². The fourth-order valence-electron chi connectivity index (χ4n) is 3.31. The summed E-state index contributed by atoms with van der Waals surface area (Å²) in [6.07, 6.45) is 0.337. The molecule has 0 aliphatic carbocycles. The lowest BCUT2D eigenvalue weighted by atomic mass is 10.1. The molecule has 0 atom stereocenters. The molecule has 2 N–H and O–H groups in total. The van der Waals surface area contributed by atoms with Gasteiger partial charge < -0.3 is 10.3 Å². The lowest BCUT2D eigenvalue weighted by molar-refractivity contribution is -0.115. The Morgan fingerprint density at radius 2 is 2.00 bits per heavy atom. The highest BCUT2D eigenvalue weighted by Gasteiger charge is 2.14. The van der Waals surface area contributed by atoms with Crippen molar-refractivity contribution in [1.82, 2.24) is 9.97 Å². The number of carbonyl (C=O) groups is 1. The second-order valence-corrected chi connectivity index (χ2v) is 7.48. The average Bonchev–Trinajstić information content (AvgIpc) is 3.09. The van der Waals surface area contributed by atoms with Crippen LogP contribution in [0.1, 0.15) is 22.4 Å². The molecule has 0 fully saturated rings. The fraction of sp³-hybridized carbons (Fsp3) is 0.200. The van der Waals surface area contributed by atoms with Crippen molar-refractivity contribution < 1.29 is 4.79 Å². The van der Waals surface area contributed by atoms with E-state index in [2.05, 4.69) is 41.3 Å². The highest BCUT2D eigenvalue weighted by molar-refractivity contribution is 7.22. The van der Waals surface area contributed by atoms with Crippen LogP contribution in [0.25, 0.3) is 21.1 Å². The molecular formula is C20H19N3OS. The van der Waals surface area contributed by atoms with Crippen molar-refractivity contribution in [2.24, 2.45) is 0 Å². The van der Waals surface area contributed by atoms with Gasteiger partial charge in [0.25, 0.3) is 0 Å². The number of amides is 1. The van der Waals surface area contributed by atoms with Crippen molar-refractivity contribution in [1.29, 1.82) is 0 Å². The van der Waals surface area contributed by atoms with Gasteiger partial charge in [0.1, 0.15) is 0 Å². The van der Waals surface area contributed by atoms with Crippen LogP contribution in [0.2, 0.25) is 0 Å². The summed E-state index contributed by atoms with van der Waals surface area (Å²) in [7, 11) is 0. The van der Waals surface area contributed by atoms with Gasteiger partial charge in [-0.3, -0.25) is 4.79 Å². The van der Waals surface area contributed by atoms with Gasteiger partial charge in [0, 0.05) is 16.6 Å². The molecule has 2 heterocycles. The van der Waals surface area contributed by atoms with E-state index < -0.39 is 0 Å². The summed E-state index contributed by atoms with van der Waals surface area (Å²) < 4.78 is 1.11. The smallest absolute Gasteiger partial charge is 0.230 e. The molecule has 126 valence electrons. The molecule has 0 aliphatic rings. The number of anilines is 1. The van der Waals surface area contributed by atoms with Crippen molar-refractivity contribution in [3.05, 3.63) is 58.8 Å². The van der Waals surface area contributed by atoms with Gasteiger partial charge in [0.2, 0.25) is 5.91 Å². The maximum absolute atomic E-state index is 12.5. The van der Waals surface area contributed by atoms with E-state index >= 15 is 0 Å². The molecular weight excluding hydrogens is 330 g/mol. The Morgan fingerprint density at radius 1 is 1.20 bits per heavy atom. The van der Waals surface area contributed by atoms with Gasteiger partial charge in [-0.2, -0.15) is 0 Å². The first-order valence-corrected chi connectivity index (χ1v) is 9.07. The lowest BCUT2D eigenvalue weighted by Gasteiger charge is -2.02. The summed E-state index contributed by atoms with van der Waals surface area (Å²) in [5.41, 5.74) is 6.46. The summed E-state index contributed by atoms with van der Waals surface area (Å²) >= 11 is 1.52. The molecule has 0 saturated carbocycles. The van der Waals surface area contributed by atoms with Crippen molar-refractivity contribution in [3.8, 4) is 0 Å². The molecule has 0 unspecified atom stereocenters. The minimum absolute atomic E-state index is 0.0405. The lowest BCUT2D eigenvalue weighted by Crippen LogP contribution is -2.14. The second-order valence-electron chi connectivity index (χ2n) is 6.45. The van der Waals surface area contributed by atoms with Crippen LogP contribution in [-0.2, 0) is 11.2 Å². The van der Waals surface area contributed by atoms with E-state index in [0.717, 1.165) is 37.9 Å². The van der Waals surface area contributed by atoms with Crippen LogP contribution in [0.3, 0.4) is 0 Å². The maximum atomic E-state index is 12.5. The van der Waals surface area contributed by atoms with Gasteiger partial charge in [-0.25, -0.2) is 4.98 Å². The minimum Gasteiger partial charge on any atom is -0.358 e. The number of H-pyrrole nitrogens is 1. The van der Waals surface area contributed by atoms with Gasteiger partial charge >= 0.3 is 0 Å². The summed E-state index contributed by atoms with van der Waals surface area (Å²) in [5, 5.41) is 4.72. The Morgan fingerprint density at radius 3 is 2.84 bits per heavy atom. The van der Waals surface area contributed by atoms with E-state index in [0.29, 0.717) is 11.6 Å². The van der Waals surface area contributed by atoms with Gasteiger partial charge in [0.05, 0.1) is 16.6 Å². The third-order valence-electron chi connectivity index (χ3n) is 4.44. The number of nitrogens with one attached hydrogen (secondary N) is 2. The Hall–Kier alpha value is -2.66. The molecule has 0 bridgehead atoms. The van der Waals surface area contributed by atoms with Crippen molar-refractivity contribution >= 4 is 43.5 Å². The van der Waals surface area contributed by atoms with Crippen LogP contribution < -0.4 is 5.32 Å². The predicted octanol–water partition coefficient (Wildman–Crippen LogP) is 4.88. The van der Waals surface area contributed by atoms with Crippen molar-refractivity contribution in [2.75, 3.05) is 5.32 Å². The Bertz CT molecular complexity index is 1110. The molecule has 0 radical (unpaired) electrons. The summed E-state index contributed by atoms with van der Waals surface area (Å²) in [4.78, 5) is 20.5. The molecule has 5 heteroatoms. The van der Waals surface area contributed by atoms with E-state index in [-0.39, 0.29) is 5.91 Å². The number of para-hydroxylation sites is 1. The second kappa shape index (κ2) is 6.01. The number of fused-ring (bicyclic) bond motifs is 2. The SMILES string of the molecule is Cc1cc(C)c2nc(NC(=O)Cc3c(C)[nH]c4ccccc34)sc2c1. The number of aromatic amines is 1. The number of benzene rings is 2. The van der Waals surface area contributed by atoms with Crippen LogP contribution in [0.4, 0.5) is 5.13 Å².